The van der Waals surface area contributed by atoms with Crippen molar-refractivity contribution in [3.63, 3.8) is 0 Å². The number of thiazole rings is 1. The number of amides is 1. The van der Waals surface area contributed by atoms with Crippen LogP contribution >= 0.6 is 11.3 Å². The first-order valence-corrected chi connectivity index (χ1v) is 7.16. The summed E-state index contributed by atoms with van der Waals surface area (Å²) in [5, 5.41) is 12.6. The topological polar surface area (TPSA) is 65.8 Å². The van der Waals surface area contributed by atoms with E-state index < -0.39 is 0 Å². The van der Waals surface area contributed by atoms with Crippen LogP contribution in [-0.4, -0.2) is 10.9 Å². The number of nitrogens with one attached hydrogen (secondary N) is 1. The summed E-state index contributed by atoms with van der Waals surface area (Å²) in [5.41, 5.74) is 2.73. The third kappa shape index (κ3) is 2.76. The van der Waals surface area contributed by atoms with E-state index in [2.05, 4.69) is 10.3 Å². The highest BCUT2D eigenvalue weighted by Gasteiger charge is 2.07. The number of carbonyl (C=O) groups excluding carboxylic acids is 1. The zero-order valence-corrected chi connectivity index (χ0v) is 12.1. The van der Waals surface area contributed by atoms with Crippen molar-refractivity contribution in [2.45, 2.75) is 6.92 Å². The van der Waals surface area contributed by atoms with E-state index in [1.165, 1.54) is 0 Å². The molecular weight excluding hydrogens is 282 g/mol. The molecule has 0 radical (unpaired) electrons. The van der Waals surface area contributed by atoms with Crippen LogP contribution in [0.2, 0.25) is 0 Å². The van der Waals surface area contributed by atoms with Crippen molar-refractivity contribution >= 4 is 33.1 Å². The number of anilines is 1. The minimum atomic E-state index is -0.194. The maximum atomic E-state index is 12.1. The van der Waals surface area contributed by atoms with Crippen molar-refractivity contribution in [3.8, 4) is 6.07 Å². The Morgan fingerprint density at radius 1 is 1.24 bits per heavy atom. The van der Waals surface area contributed by atoms with Gasteiger partial charge in [0.1, 0.15) is 0 Å². The van der Waals surface area contributed by atoms with Crippen LogP contribution in [0.1, 0.15) is 20.9 Å². The van der Waals surface area contributed by atoms with E-state index in [1.807, 2.05) is 31.2 Å². The number of aryl methyl sites for hydroxylation is 1. The highest BCUT2D eigenvalue weighted by molar-refractivity contribution is 7.18. The number of nitriles is 1. The summed E-state index contributed by atoms with van der Waals surface area (Å²) in [7, 11) is 0. The van der Waals surface area contributed by atoms with Crippen molar-refractivity contribution in [1.29, 1.82) is 5.26 Å². The number of carbonyl (C=O) groups is 1. The Balaban J connectivity index is 1.83. The lowest BCUT2D eigenvalue weighted by Gasteiger charge is -2.05. The number of fused-ring (bicyclic) bond motifs is 1. The highest BCUT2D eigenvalue weighted by Crippen LogP contribution is 2.25. The highest BCUT2D eigenvalue weighted by atomic mass is 32.1. The summed E-state index contributed by atoms with van der Waals surface area (Å²) in [6.07, 6.45) is 0. The van der Waals surface area contributed by atoms with Gasteiger partial charge in [0.15, 0.2) is 0 Å². The van der Waals surface area contributed by atoms with Crippen LogP contribution < -0.4 is 5.32 Å². The lowest BCUT2D eigenvalue weighted by molar-refractivity contribution is 0.102. The molecule has 0 aliphatic heterocycles. The molecule has 4 nitrogen and oxygen atoms in total. The number of nitrogens with zero attached hydrogens (tertiary/aromatic N) is 2. The predicted octanol–water partition coefficient (Wildman–Crippen LogP) is 3.73. The molecule has 1 N–H and O–H groups in total. The molecule has 21 heavy (non-hydrogen) atoms. The molecule has 1 amide bonds. The molecule has 0 atom stereocenters. The van der Waals surface area contributed by atoms with Gasteiger partial charge in [-0.1, -0.05) is 0 Å². The van der Waals surface area contributed by atoms with Crippen molar-refractivity contribution in [2.75, 3.05) is 5.32 Å². The molecule has 0 saturated heterocycles. The Morgan fingerprint density at radius 2 is 2.00 bits per heavy atom. The average Bonchev–Trinajstić information content (AvgIpc) is 2.86. The van der Waals surface area contributed by atoms with Gasteiger partial charge < -0.3 is 5.32 Å². The fraction of sp³-hybridized carbons (Fsp3) is 0.0625. The molecule has 1 aromatic heterocycles. The van der Waals surface area contributed by atoms with Crippen LogP contribution in [0.15, 0.2) is 42.5 Å². The lowest BCUT2D eigenvalue weighted by Crippen LogP contribution is -2.11. The van der Waals surface area contributed by atoms with E-state index in [0.29, 0.717) is 11.1 Å². The van der Waals surface area contributed by atoms with Crippen molar-refractivity contribution < 1.29 is 4.79 Å². The molecule has 1 heterocycles. The van der Waals surface area contributed by atoms with E-state index in [-0.39, 0.29) is 5.91 Å². The van der Waals surface area contributed by atoms with Gasteiger partial charge in [0, 0.05) is 11.3 Å². The Labute approximate surface area is 125 Å². The molecule has 0 bridgehead atoms. The van der Waals surface area contributed by atoms with Gasteiger partial charge >= 0.3 is 0 Å². The van der Waals surface area contributed by atoms with Crippen LogP contribution in [0.25, 0.3) is 10.2 Å². The molecule has 102 valence electrons. The van der Waals surface area contributed by atoms with E-state index in [1.54, 1.807) is 35.6 Å². The largest absolute Gasteiger partial charge is 0.322 e. The quantitative estimate of drug-likeness (QED) is 0.783. The van der Waals surface area contributed by atoms with E-state index in [9.17, 15) is 4.79 Å². The first-order chi connectivity index (χ1) is 10.2. The third-order valence-corrected chi connectivity index (χ3v) is 3.96. The maximum absolute atomic E-state index is 12.1. The van der Waals surface area contributed by atoms with Crippen LogP contribution in [0, 0.1) is 18.3 Å². The molecular formula is C16H11N3OS. The summed E-state index contributed by atoms with van der Waals surface area (Å²) in [6, 6.07) is 14.2. The second kappa shape index (κ2) is 5.35. The minimum Gasteiger partial charge on any atom is -0.322 e. The summed E-state index contributed by atoms with van der Waals surface area (Å²) in [4.78, 5) is 16.5. The summed E-state index contributed by atoms with van der Waals surface area (Å²) < 4.78 is 1.05. The van der Waals surface area contributed by atoms with Gasteiger partial charge in [-0.3, -0.25) is 4.79 Å². The second-order valence-electron chi connectivity index (χ2n) is 4.56. The monoisotopic (exact) mass is 293 g/mol. The molecule has 3 aromatic rings. The van der Waals surface area contributed by atoms with Gasteiger partial charge in [-0.05, 0) is 49.4 Å². The van der Waals surface area contributed by atoms with Gasteiger partial charge in [-0.25, -0.2) is 4.98 Å². The predicted molar refractivity (Wildman–Crippen MR) is 83.5 cm³/mol. The maximum Gasteiger partial charge on any atom is 0.255 e. The average molecular weight is 293 g/mol. The summed E-state index contributed by atoms with van der Waals surface area (Å²) in [6.45, 7) is 1.96. The van der Waals surface area contributed by atoms with E-state index in [0.717, 1.165) is 20.9 Å². The van der Waals surface area contributed by atoms with Gasteiger partial charge in [-0.2, -0.15) is 5.26 Å². The Kier molecular flexibility index (Phi) is 3.38. The molecule has 0 spiro atoms. The standard InChI is InChI=1S/C16H11N3OS/c1-10-18-14-7-6-13(8-15(14)21-10)19-16(20)12-4-2-11(9-17)3-5-12/h2-8H,1H3,(H,19,20). The SMILES string of the molecule is Cc1nc2ccc(NC(=O)c3ccc(C#N)cc3)cc2s1. The molecule has 2 aromatic carbocycles. The van der Waals surface area contributed by atoms with Crippen molar-refractivity contribution in [2.24, 2.45) is 0 Å². The first kappa shape index (κ1) is 13.3. The molecule has 5 heteroatoms. The van der Waals surface area contributed by atoms with Crippen molar-refractivity contribution in [1.82, 2.24) is 4.98 Å². The molecule has 3 rings (SSSR count). The molecule has 0 aliphatic rings. The summed E-state index contributed by atoms with van der Waals surface area (Å²) in [5.74, 6) is -0.194. The zero-order valence-electron chi connectivity index (χ0n) is 11.3. The number of aromatic nitrogens is 1. The molecule has 0 aliphatic carbocycles. The van der Waals surface area contributed by atoms with Crippen LogP contribution in [-0.2, 0) is 0 Å². The Hall–Kier alpha value is -2.71. The molecule has 0 unspecified atom stereocenters. The fourth-order valence-corrected chi connectivity index (χ4v) is 2.88. The Bertz CT molecular complexity index is 859. The van der Waals surface area contributed by atoms with E-state index in [4.69, 9.17) is 5.26 Å². The second-order valence-corrected chi connectivity index (χ2v) is 5.79. The lowest BCUT2D eigenvalue weighted by atomic mass is 10.1. The number of hydrogen-bond acceptors (Lipinski definition) is 4. The van der Waals surface area contributed by atoms with Crippen LogP contribution in [0.4, 0.5) is 5.69 Å². The zero-order chi connectivity index (χ0) is 14.8. The van der Waals surface area contributed by atoms with Crippen LogP contribution in [0.3, 0.4) is 0 Å². The smallest absolute Gasteiger partial charge is 0.255 e. The van der Waals surface area contributed by atoms with Crippen LogP contribution in [0.5, 0.6) is 0 Å². The first-order valence-electron chi connectivity index (χ1n) is 6.34. The van der Waals surface area contributed by atoms with Gasteiger partial charge in [0.05, 0.1) is 26.9 Å². The molecule has 0 fully saturated rings. The summed E-state index contributed by atoms with van der Waals surface area (Å²) >= 11 is 1.60. The number of hydrogen-bond donors (Lipinski definition) is 1. The third-order valence-electron chi connectivity index (χ3n) is 3.03. The normalized spacial score (nSPS) is 10.3. The van der Waals surface area contributed by atoms with Crippen molar-refractivity contribution in [3.05, 3.63) is 58.6 Å². The Morgan fingerprint density at radius 3 is 2.71 bits per heavy atom. The number of benzene rings is 2. The van der Waals surface area contributed by atoms with Gasteiger partial charge in [-0.15, -0.1) is 11.3 Å². The van der Waals surface area contributed by atoms with Gasteiger partial charge in [0.2, 0.25) is 0 Å². The van der Waals surface area contributed by atoms with E-state index >= 15 is 0 Å². The number of rotatable bonds is 2. The molecule has 0 saturated carbocycles. The minimum absolute atomic E-state index is 0.194. The van der Waals surface area contributed by atoms with Gasteiger partial charge in [0.25, 0.3) is 5.91 Å². The fourth-order valence-electron chi connectivity index (χ4n) is 2.02.